The Balaban J connectivity index is 0.000000378. The molecule has 0 aliphatic carbocycles. The molecule has 0 spiro atoms. The molecule has 3 unspecified atom stereocenters. The van der Waals surface area contributed by atoms with Crippen LogP contribution in [0.15, 0.2) is 60.8 Å². The van der Waals surface area contributed by atoms with E-state index in [-0.39, 0.29) is 11.9 Å². The molecule has 1 aromatic heterocycles. The number of fused-ring (bicyclic) bond motifs is 1. The van der Waals surface area contributed by atoms with Crippen LogP contribution in [-0.2, 0) is 16.1 Å². The second kappa shape index (κ2) is 13.2. The topological polar surface area (TPSA) is 163 Å². The molecule has 4 N–H and O–H groups in total. The van der Waals surface area contributed by atoms with Gasteiger partial charge in [0.1, 0.15) is 17.6 Å². The maximum atomic E-state index is 12.4. The number of benzene rings is 2. The Labute approximate surface area is 226 Å². The lowest BCUT2D eigenvalue weighted by Gasteiger charge is -2.20. The van der Waals surface area contributed by atoms with Crippen molar-refractivity contribution in [3.63, 3.8) is 0 Å². The van der Waals surface area contributed by atoms with E-state index in [4.69, 9.17) is 25.2 Å². The van der Waals surface area contributed by atoms with Crippen LogP contribution in [0.1, 0.15) is 23.7 Å². The Morgan fingerprint density at radius 3 is 2.17 bits per heavy atom. The number of nitrogens with zero attached hydrogens (tertiary/aromatic N) is 3. The van der Waals surface area contributed by atoms with Crippen LogP contribution in [-0.4, -0.2) is 79.6 Å². The Kier molecular flexibility index (Phi) is 9.98. The summed E-state index contributed by atoms with van der Waals surface area (Å²) in [5.41, 5.74) is 3.96. The van der Waals surface area contributed by atoms with Crippen molar-refractivity contribution in [2.45, 2.75) is 37.6 Å². The summed E-state index contributed by atoms with van der Waals surface area (Å²) in [6.07, 6.45) is -7.07. The maximum absolute atomic E-state index is 12.4. The maximum Gasteiger partial charge on any atom is 0.573 e. The highest BCUT2D eigenvalue weighted by atomic mass is 19.4. The van der Waals surface area contributed by atoms with Gasteiger partial charge in [-0.15, -0.1) is 13.2 Å². The average molecular weight is 566 g/mol. The Morgan fingerprint density at radius 2 is 1.62 bits per heavy atom. The fourth-order valence-corrected chi connectivity index (χ4v) is 3.81. The summed E-state index contributed by atoms with van der Waals surface area (Å²) in [6.45, 7) is 1.59. The lowest BCUT2D eigenvalue weighted by Crippen LogP contribution is -2.39. The van der Waals surface area contributed by atoms with Crippen LogP contribution in [0.3, 0.4) is 0 Å². The van der Waals surface area contributed by atoms with Crippen molar-refractivity contribution in [1.82, 2.24) is 15.1 Å². The quantitative estimate of drug-likeness (QED) is 0.333. The van der Waals surface area contributed by atoms with Gasteiger partial charge in [-0.2, -0.15) is 10.2 Å². The molecule has 2 heterocycles. The number of aliphatic hydroxyl groups is 2. The van der Waals surface area contributed by atoms with Crippen LogP contribution < -0.4 is 9.47 Å². The van der Waals surface area contributed by atoms with Gasteiger partial charge in [0.25, 0.3) is 0 Å². The summed E-state index contributed by atoms with van der Waals surface area (Å²) >= 11 is 0. The van der Waals surface area contributed by atoms with Gasteiger partial charge < -0.3 is 34.8 Å². The number of carboxylic acid groups (broad SMARTS) is 2. The predicted octanol–water partition coefficient (Wildman–Crippen LogP) is 2.88. The van der Waals surface area contributed by atoms with E-state index < -0.39 is 30.5 Å². The molecule has 0 radical (unpaired) electrons. The Bertz CT molecular complexity index is 1270. The van der Waals surface area contributed by atoms with Gasteiger partial charge in [0, 0.05) is 31.3 Å². The van der Waals surface area contributed by atoms with E-state index in [9.17, 15) is 22.8 Å². The molecule has 2 aromatic carbocycles. The summed E-state index contributed by atoms with van der Waals surface area (Å²) in [7, 11) is 2.05. The summed E-state index contributed by atoms with van der Waals surface area (Å²) in [5.74, 6) is -3.32. The van der Waals surface area contributed by atoms with Crippen molar-refractivity contribution in [2.75, 3.05) is 13.6 Å². The number of carbonyl (C=O) groups is 2. The molecule has 40 heavy (non-hydrogen) atoms. The second-order valence-corrected chi connectivity index (χ2v) is 8.74. The van der Waals surface area contributed by atoms with Crippen LogP contribution in [0.25, 0.3) is 11.3 Å². The van der Waals surface area contributed by atoms with Gasteiger partial charge in [-0.05, 0) is 60.6 Å². The molecule has 0 amide bonds. The van der Waals surface area contributed by atoms with E-state index in [0.717, 1.165) is 41.9 Å². The van der Waals surface area contributed by atoms with Gasteiger partial charge in [0.15, 0.2) is 12.2 Å². The first-order valence-electron chi connectivity index (χ1n) is 11.8. The molecule has 1 aliphatic heterocycles. The summed E-state index contributed by atoms with van der Waals surface area (Å²) in [5, 5.41) is 40.6. The van der Waals surface area contributed by atoms with Gasteiger partial charge in [-0.1, -0.05) is 12.1 Å². The molecule has 0 fully saturated rings. The van der Waals surface area contributed by atoms with Crippen molar-refractivity contribution >= 4 is 11.9 Å². The van der Waals surface area contributed by atoms with E-state index in [1.165, 1.54) is 24.3 Å². The number of rotatable bonds is 7. The van der Waals surface area contributed by atoms with Gasteiger partial charge in [0.05, 0.1) is 5.69 Å². The van der Waals surface area contributed by atoms with Crippen molar-refractivity contribution < 1.29 is 52.7 Å². The summed E-state index contributed by atoms with van der Waals surface area (Å²) < 4.78 is 47.1. The van der Waals surface area contributed by atoms with Gasteiger partial charge in [-0.25, -0.2) is 9.59 Å². The van der Waals surface area contributed by atoms with Crippen molar-refractivity contribution in [1.29, 1.82) is 0 Å². The van der Waals surface area contributed by atoms with Crippen LogP contribution in [0.5, 0.6) is 11.5 Å². The third-order valence-electron chi connectivity index (χ3n) is 5.71. The minimum Gasteiger partial charge on any atom is -0.486 e. The second-order valence-electron chi connectivity index (χ2n) is 8.74. The van der Waals surface area contributed by atoms with Crippen LogP contribution in [0.4, 0.5) is 13.2 Å². The predicted molar refractivity (Wildman–Crippen MR) is 132 cm³/mol. The van der Waals surface area contributed by atoms with E-state index in [2.05, 4.69) is 25.9 Å². The zero-order valence-corrected chi connectivity index (χ0v) is 21.0. The normalized spacial score (nSPS) is 16.8. The monoisotopic (exact) mass is 565 g/mol. The number of aromatic nitrogens is 2. The molecule has 4 rings (SSSR count). The van der Waals surface area contributed by atoms with Crippen LogP contribution >= 0.6 is 0 Å². The first-order valence-corrected chi connectivity index (χ1v) is 11.8. The minimum atomic E-state index is -4.71. The van der Waals surface area contributed by atoms with Crippen molar-refractivity contribution in [3.05, 3.63) is 71.9 Å². The number of aliphatic carboxylic acids is 2. The largest absolute Gasteiger partial charge is 0.573 e. The number of ether oxygens (including phenoxy) is 2. The Morgan fingerprint density at radius 1 is 1.00 bits per heavy atom. The molecule has 3 atom stereocenters. The van der Waals surface area contributed by atoms with Crippen molar-refractivity contribution in [3.8, 4) is 22.8 Å². The molecular formula is C26H26F3N3O8. The minimum absolute atomic E-state index is 0.213. The highest BCUT2D eigenvalue weighted by Gasteiger charge is 2.31. The van der Waals surface area contributed by atoms with Gasteiger partial charge >= 0.3 is 18.3 Å². The first kappa shape index (κ1) is 30.3. The van der Waals surface area contributed by atoms with Crippen LogP contribution in [0.2, 0.25) is 0 Å². The van der Waals surface area contributed by atoms with Gasteiger partial charge in [-0.3, -0.25) is 0 Å². The number of hydrogen-bond donors (Lipinski definition) is 4. The zero-order valence-electron chi connectivity index (χ0n) is 21.0. The first-order chi connectivity index (χ1) is 18.8. The van der Waals surface area contributed by atoms with E-state index in [1.54, 1.807) is 6.20 Å². The third-order valence-corrected chi connectivity index (χ3v) is 5.71. The molecule has 0 bridgehead atoms. The smallest absolute Gasteiger partial charge is 0.486 e. The molecule has 0 saturated carbocycles. The van der Waals surface area contributed by atoms with E-state index >= 15 is 0 Å². The molecule has 214 valence electrons. The Hall–Kier alpha value is -4.27. The molecule has 11 nitrogen and oxygen atoms in total. The fourth-order valence-electron chi connectivity index (χ4n) is 3.81. The molecule has 14 heteroatoms. The fraction of sp³-hybridized carbons (Fsp3) is 0.308. The SMILES string of the molecule is CN1CCC(Oc2ccc(OC(F)(F)F)cc2)c2ccc(-c3cccnn3)cc2C1.O=C(O)C(O)C(O)C(=O)O. The number of aliphatic hydroxyl groups excluding tert-OH is 2. The third kappa shape index (κ3) is 8.62. The summed E-state index contributed by atoms with van der Waals surface area (Å²) in [6, 6.07) is 15.4. The molecule has 1 aliphatic rings. The van der Waals surface area contributed by atoms with Gasteiger partial charge in [0.2, 0.25) is 0 Å². The number of halogens is 3. The van der Waals surface area contributed by atoms with Crippen LogP contribution in [0, 0.1) is 0 Å². The lowest BCUT2D eigenvalue weighted by molar-refractivity contribution is -0.274. The standard InChI is InChI=1S/C22H20F3N3O2.C4H6O6/c1-28-12-10-21(29-17-5-7-18(8-6-17)30-22(23,24)25)19-9-4-15(13-16(19)14-28)20-3-2-11-26-27-20;5-1(3(7)8)2(6)4(9)10/h2-9,11,13,21H,10,12,14H2,1H3;1-2,5-6H,(H,7,8)(H,9,10). The molecular weight excluding hydrogens is 539 g/mol. The zero-order chi connectivity index (χ0) is 29.4. The number of hydrogen-bond acceptors (Lipinski definition) is 9. The highest BCUT2D eigenvalue weighted by molar-refractivity contribution is 5.83. The average Bonchev–Trinajstić information content (AvgIpc) is 3.06. The summed E-state index contributed by atoms with van der Waals surface area (Å²) in [4.78, 5) is 21.8. The molecule has 3 aromatic rings. The highest BCUT2D eigenvalue weighted by Crippen LogP contribution is 2.34. The number of carboxylic acids is 2. The lowest BCUT2D eigenvalue weighted by atomic mass is 9.97. The number of alkyl halides is 3. The van der Waals surface area contributed by atoms with Crippen molar-refractivity contribution in [2.24, 2.45) is 0 Å². The van der Waals surface area contributed by atoms with E-state index in [0.29, 0.717) is 5.75 Å². The van der Waals surface area contributed by atoms with E-state index in [1.807, 2.05) is 31.3 Å². The molecule has 0 saturated heterocycles.